The third kappa shape index (κ3) is 4.31. The van der Waals surface area contributed by atoms with Crippen molar-refractivity contribution in [2.75, 3.05) is 6.54 Å². The van der Waals surface area contributed by atoms with Gasteiger partial charge in [-0.3, -0.25) is 0 Å². The van der Waals surface area contributed by atoms with Crippen LogP contribution in [0.3, 0.4) is 0 Å². The Labute approximate surface area is 83.1 Å². The van der Waals surface area contributed by atoms with Gasteiger partial charge in [-0.1, -0.05) is 19.8 Å². The quantitative estimate of drug-likeness (QED) is 0.708. The highest BCUT2D eigenvalue weighted by Gasteiger charge is 2.39. The summed E-state index contributed by atoms with van der Waals surface area (Å²) in [7, 11) is 0. The second kappa shape index (κ2) is 5.01. The third-order valence-electron chi connectivity index (χ3n) is 2.60. The van der Waals surface area contributed by atoms with Gasteiger partial charge in [0.1, 0.15) is 6.04 Å². The summed E-state index contributed by atoms with van der Waals surface area (Å²) < 4.78 is 37.4. The minimum absolute atomic E-state index is 0.244. The maximum Gasteiger partial charge on any atom is 0.403 e. The molecule has 0 aliphatic heterocycles. The van der Waals surface area contributed by atoms with E-state index in [1.165, 1.54) is 0 Å². The van der Waals surface area contributed by atoms with E-state index >= 15 is 0 Å². The fourth-order valence-corrected chi connectivity index (χ4v) is 1.51. The summed E-state index contributed by atoms with van der Waals surface area (Å²) in [6.07, 6.45) is -0.119. The van der Waals surface area contributed by atoms with Gasteiger partial charge in [0.05, 0.1) is 0 Å². The van der Waals surface area contributed by atoms with E-state index in [0.717, 1.165) is 25.7 Å². The summed E-state index contributed by atoms with van der Waals surface area (Å²) in [4.78, 5) is 0. The van der Waals surface area contributed by atoms with Crippen LogP contribution in [0.4, 0.5) is 13.2 Å². The molecule has 0 heterocycles. The number of halogens is 3. The molecule has 1 N–H and O–H groups in total. The van der Waals surface area contributed by atoms with Crippen molar-refractivity contribution in [3.63, 3.8) is 0 Å². The van der Waals surface area contributed by atoms with Crippen molar-refractivity contribution < 1.29 is 13.2 Å². The molecule has 4 heteroatoms. The van der Waals surface area contributed by atoms with Crippen LogP contribution in [-0.2, 0) is 0 Å². The Bertz CT molecular complexity index is 163. The van der Waals surface area contributed by atoms with Gasteiger partial charge in [0, 0.05) is 0 Å². The van der Waals surface area contributed by atoms with Crippen LogP contribution in [0.1, 0.15) is 39.0 Å². The minimum atomic E-state index is -4.08. The van der Waals surface area contributed by atoms with E-state index in [9.17, 15) is 13.2 Å². The predicted molar refractivity (Wildman–Crippen MR) is 50.1 cm³/mol. The summed E-state index contributed by atoms with van der Waals surface area (Å²) in [5.41, 5.74) is 0. The number of hydrogen-bond acceptors (Lipinski definition) is 1. The monoisotopic (exact) mass is 209 g/mol. The Morgan fingerprint density at radius 2 is 2.00 bits per heavy atom. The van der Waals surface area contributed by atoms with Gasteiger partial charge in [-0.05, 0) is 31.7 Å². The van der Waals surface area contributed by atoms with Crippen molar-refractivity contribution in [2.45, 2.75) is 51.2 Å². The maximum atomic E-state index is 12.5. The molecule has 1 aliphatic carbocycles. The molecule has 1 fully saturated rings. The molecule has 0 radical (unpaired) electrons. The van der Waals surface area contributed by atoms with E-state index in [4.69, 9.17) is 0 Å². The molecule has 0 amide bonds. The summed E-state index contributed by atoms with van der Waals surface area (Å²) in [5, 5.41) is 2.57. The van der Waals surface area contributed by atoms with Crippen molar-refractivity contribution in [2.24, 2.45) is 5.92 Å². The van der Waals surface area contributed by atoms with Crippen molar-refractivity contribution >= 4 is 0 Å². The van der Waals surface area contributed by atoms with Gasteiger partial charge in [-0.15, -0.1) is 0 Å². The third-order valence-corrected chi connectivity index (χ3v) is 2.60. The normalized spacial score (nSPS) is 19.7. The number of rotatable bonds is 6. The molecule has 0 saturated heterocycles. The molecule has 1 rings (SSSR count). The van der Waals surface area contributed by atoms with Gasteiger partial charge < -0.3 is 5.32 Å². The van der Waals surface area contributed by atoms with E-state index in [0.29, 0.717) is 12.5 Å². The number of alkyl halides is 3. The highest BCUT2D eigenvalue weighted by atomic mass is 19.4. The molecule has 1 nitrogen and oxygen atoms in total. The van der Waals surface area contributed by atoms with E-state index < -0.39 is 12.2 Å². The maximum absolute atomic E-state index is 12.5. The molecule has 1 unspecified atom stereocenters. The average Bonchev–Trinajstić information content (AvgIpc) is 2.85. The molecule has 1 aliphatic rings. The number of nitrogens with one attached hydrogen (secondary N) is 1. The molecule has 1 atom stereocenters. The van der Waals surface area contributed by atoms with Crippen LogP contribution in [0.2, 0.25) is 0 Å². The van der Waals surface area contributed by atoms with E-state index in [-0.39, 0.29) is 6.42 Å². The van der Waals surface area contributed by atoms with Gasteiger partial charge in [0.25, 0.3) is 0 Å². The summed E-state index contributed by atoms with van der Waals surface area (Å²) >= 11 is 0. The summed E-state index contributed by atoms with van der Waals surface area (Å²) in [6.45, 7) is 2.33. The largest absolute Gasteiger partial charge is 0.403 e. The Hall–Kier alpha value is -0.250. The lowest BCUT2D eigenvalue weighted by molar-refractivity contribution is -0.157. The molecule has 0 aromatic heterocycles. The topological polar surface area (TPSA) is 12.0 Å². The molecule has 1 saturated carbocycles. The molecular formula is C10H18F3N. The van der Waals surface area contributed by atoms with Crippen LogP contribution >= 0.6 is 0 Å². The lowest BCUT2D eigenvalue weighted by Gasteiger charge is -2.21. The molecular weight excluding hydrogens is 191 g/mol. The Morgan fingerprint density at radius 3 is 2.43 bits per heavy atom. The Balaban J connectivity index is 2.26. The van der Waals surface area contributed by atoms with Gasteiger partial charge in [-0.2, -0.15) is 13.2 Å². The first-order chi connectivity index (χ1) is 6.54. The van der Waals surface area contributed by atoms with Gasteiger partial charge in [0.2, 0.25) is 0 Å². The van der Waals surface area contributed by atoms with E-state index in [1.54, 1.807) is 0 Å². The minimum Gasteiger partial charge on any atom is -0.306 e. The van der Waals surface area contributed by atoms with Crippen molar-refractivity contribution in [1.29, 1.82) is 0 Å². The van der Waals surface area contributed by atoms with Gasteiger partial charge >= 0.3 is 6.18 Å². The molecule has 84 valence electrons. The van der Waals surface area contributed by atoms with Crippen LogP contribution in [0.15, 0.2) is 0 Å². The Morgan fingerprint density at radius 1 is 1.36 bits per heavy atom. The first-order valence-corrected chi connectivity index (χ1v) is 5.34. The molecule has 0 bridgehead atoms. The first kappa shape index (κ1) is 11.8. The zero-order valence-electron chi connectivity index (χ0n) is 8.53. The van der Waals surface area contributed by atoms with Crippen LogP contribution in [0.5, 0.6) is 0 Å². The summed E-state index contributed by atoms with van der Waals surface area (Å²) in [5.74, 6) is 0.572. The van der Waals surface area contributed by atoms with Crippen molar-refractivity contribution in [3.05, 3.63) is 0 Å². The highest BCUT2D eigenvalue weighted by Crippen LogP contribution is 2.35. The lowest BCUT2D eigenvalue weighted by atomic mass is 10.1. The highest BCUT2D eigenvalue weighted by molar-refractivity contribution is 4.80. The van der Waals surface area contributed by atoms with Gasteiger partial charge in [-0.25, -0.2) is 0 Å². The standard InChI is InChI=1S/C10H18F3N/c1-2-7-14-9(10(11,12)13)6-5-8-3-4-8/h8-9,14H,2-7H2,1H3. The zero-order chi connectivity index (χ0) is 10.6. The first-order valence-electron chi connectivity index (χ1n) is 5.34. The molecule has 0 spiro atoms. The fourth-order valence-electron chi connectivity index (χ4n) is 1.51. The second-order valence-electron chi connectivity index (χ2n) is 4.07. The number of hydrogen-bond donors (Lipinski definition) is 1. The smallest absolute Gasteiger partial charge is 0.306 e. The van der Waals surface area contributed by atoms with Gasteiger partial charge in [0.15, 0.2) is 0 Å². The molecule has 14 heavy (non-hydrogen) atoms. The van der Waals surface area contributed by atoms with E-state index in [1.807, 2.05) is 6.92 Å². The lowest BCUT2D eigenvalue weighted by Crippen LogP contribution is -2.42. The molecule has 0 aromatic rings. The van der Waals surface area contributed by atoms with Crippen LogP contribution in [0, 0.1) is 5.92 Å². The second-order valence-corrected chi connectivity index (χ2v) is 4.07. The van der Waals surface area contributed by atoms with Crippen LogP contribution < -0.4 is 5.32 Å². The molecule has 0 aromatic carbocycles. The Kier molecular flexibility index (Phi) is 4.23. The van der Waals surface area contributed by atoms with Crippen molar-refractivity contribution in [1.82, 2.24) is 5.32 Å². The van der Waals surface area contributed by atoms with Crippen LogP contribution in [-0.4, -0.2) is 18.8 Å². The van der Waals surface area contributed by atoms with E-state index in [2.05, 4.69) is 5.32 Å². The summed E-state index contributed by atoms with van der Waals surface area (Å²) in [6, 6.07) is -1.29. The average molecular weight is 209 g/mol. The fraction of sp³-hybridized carbons (Fsp3) is 1.00. The van der Waals surface area contributed by atoms with Crippen molar-refractivity contribution in [3.8, 4) is 0 Å². The zero-order valence-corrected chi connectivity index (χ0v) is 8.53. The predicted octanol–water partition coefficient (Wildman–Crippen LogP) is 3.11. The van der Waals surface area contributed by atoms with Crippen LogP contribution in [0.25, 0.3) is 0 Å². The SMILES string of the molecule is CCCNC(CCC1CC1)C(F)(F)F.